The van der Waals surface area contributed by atoms with Gasteiger partial charge in [0.2, 0.25) is 0 Å². The van der Waals surface area contributed by atoms with E-state index in [4.69, 9.17) is 21.1 Å². The zero-order valence-electron chi connectivity index (χ0n) is 10.4. The van der Waals surface area contributed by atoms with Gasteiger partial charge >= 0.3 is 0 Å². The van der Waals surface area contributed by atoms with Crippen LogP contribution in [0.25, 0.3) is 0 Å². The summed E-state index contributed by atoms with van der Waals surface area (Å²) in [6.45, 7) is 0.379. The van der Waals surface area contributed by atoms with E-state index in [1.165, 1.54) is 0 Å². The van der Waals surface area contributed by atoms with E-state index in [1.807, 2.05) is 12.1 Å². The van der Waals surface area contributed by atoms with Crippen LogP contribution in [0.3, 0.4) is 0 Å². The summed E-state index contributed by atoms with van der Waals surface area (Å²) in [5.41, 5.74) is 1.45. The summed E-state index contributed by atoms with van der Waals surface area (Å²) in [5, 5.41) is 0.682. The number of methoxy groups -OCH3 is 1. The molecule has 0 aromatic heterocycles. The van der Waals surface area contributed by atoms with Gasteiger partial charge in [-0.25, -0.2) is 0 Å². The number of rotatable bonds is 5. The fourth-order valence-corrected chi connectivity index (χ4v) is 1.74. The van der Waals surface area contributed by atoms with Crippen LogP contribution >= 0.6 is 11.6 Å². The van der Waals surface area contributed by atoms with Crippen molar-refractivity contribution in [1.29, 1.82) is 0 Å². The quantitative estimate of drug-likeness (QED) is 0.781. The molecule has 0 fully saturated rings. The molecule has 0 saturated carbocycles. The number of carbonyl (C=O) groups is 1. The normalized spacial score (nSPS) is 10.0. The zero-order chi connectivity index (χ0) is 13.7. The van der Waals surface area contributed by atoms with E-state index >= 15 is 0 Å². The van der Waals surface area contributed by atoms with Crippen LogP contribution in [0.4, 0.5) is 0 Å². The second kappa shape index (κ2) is 6.25. The van der Waals surface area contributed by atoms with Crippen LogP contribution in [0.5, 0.6) is 11.5 Å². The van der Waals surface area contributed by atoms with Gasteiger partial charge in [-0.15, -0.1) is 0 Å². The van der Waals surface area contributed by atoms with Gasteiger partial charge in [-0.2, -0.15) is 0 Å². The molecular formula is C15H13ClO3. The maximum absolute atomic E-state index is 11.0. The first kappa shape index (κ1) is 13.4. The molecule has 0 heterocycles. The van der Waals surface area contributed by atoms with Crippen LogP contribution in [-0.4, -0.2) is 13.4 Å². The molecule has 0 aliphatic heterocycles. The molecule has 3 nitrogen and oxygen atoms in total. The molecule has 0 spiro atoms. The van der Waals surface area contributed by atoms with Crippen molar-refractivity contribution < 1.29 is 14.3 Å². The third-order valence-electron chi connectivity index (χ3n) is 2.65. The SMILES string of the molecule is COc1ccc(OCc2ccc(Cl)cc2)c(C=O)c1. The number of benzene rings is 2. The first-order valence-corrected chi connectivity index (χ1v) is 6.11. The smallest absolute Gasteiger partial charge is 0.153 e. The van der Waals surface area contributed by atoms with Crippen LogP contribution in [0, 0.1) is 0 Å². The topological polar surface area (TPSA) is 35.5 Å². The summed E-state index contributed by atoms with van der Waals surface area (Å²) in [4.78, 5) is 11.0. The lowest BCUT2D eigenvalue weighted by atomic mass is 10.2. The highest BCUT2D eigenvalue weighted by Crippen LogP contribution is 2.23. The Labute approximate surface area is 116 Å². The Morgan fingerprint density at radius 2 is 1.89 bits per heavy atom. The molecule has 2 rings (SSSR count). The average Bonchev–Trinajstić information content (AvgIpc) is 2.46. The lowest BCUT2D eigenvalue weighted by Gasteiger charge is -2.09. The summed E-state index contributed by atoms with van der Waals surface area (Å²) < 4.78 is 10.7. The molecule has 0 atom stereocenters. The molecule has 0 radical (unpaired) electrons. The number of halogens is 1. The van der Waals surface area contributed by atoms with Crippen molar-refractivity contribution in [2.75, 3.05) is 7.11 Å². The number of aldehydes is 1. The van der Waals surface area contributed by atoms with E-state index in [9.17, 15) is 4.79 Å². The van der Waals surface area contributed by atoms with Crippen LogP contribution in [0.15, 0.2) is 42.5 Å². The lowest BCUT2D eigenvalue weighted by Crippen LogP contribution is -1.98. The van der Waals surface area contributed by atoms with Gasteiger partial charge in [0.15, 0.2) is 6.29 Å². The van der Waals surface area contributed by atoms with E-state index in [0.29, 0.717) is 28.7 Å². The molecule has 98 valence electrons. The first-order chi connectivity index (χ1) is 9.22. The molecule has 19 heavy (non-hydrogen) atoms. The molecule has 4 heteroatoms. The third-order valence-corrected chi connectivity index (χ3v) is 2.90. The van der Waals surface area contributed by atoms with Crippen LogP contribution in [-0.2, 0) is 6.61 Å². The second-order valence-corrected chi connectivity index (χ2v) is 4.37. The van der Waals surface area contributed by atoms with Crippen molar-refractivity contribution in [1.82, 2.24) is 0 Å². The van der Waals surface area contributed by atoms with Gasteiger partial charge in [0.05, 0.1) is 12.7 Å². The summed E-state index contributed by atoms with van der Waals surface area (Å²) in [7, 11) is 1.55. The van der Waals surface area contributed by atoms with Gasteiger partial charge in [0, 0.05) is 5.02 Å². The summed E-state index contributed by atoms with van der Waals surface area (Å²) >= 11 is 5.81. The second-order valence-electron chi connectivity index (χ2n) is 3.94. The summed E-state index contributed by atoms with van der Waals surface area (Å²) in [6.07, 6.45) is 0.750. The van der Waals surface area contributed by atoms with Gasteiger partial charge in [0.25, 0.3) is 0 Å². The molecule has 0 aliphatic carbocycles. The molecule has 0 unspecified atom stereocenters. The minimum absolute atomic E-state index is 0.379. The number of hydrogen-bond donors (Lipinski definition) is 0. The van der Waals surface area contributed by atoms with Gasteiger partial charge in [0.1, 0.15) is 18.1 Å². The van der Waals surface area contributed by atoms with Crippen molar-refractivity contribution in [3.8, 4) is 11.5 Å². The van der Waals surface area contributed by atoms with Crippen LogP contribution in [0.2, 0.25) is 5.02 Å². The third kappa shape index (κ3) is 3.48. The first-order valence-electron chi connectivity index (χ1n) is 5.73. The van der Waals surface area contributed by atoms with E-state index in [0.717, 1.165) is 11.8 Å². The van der Waals surface area contributed by atoms with Crippen LogP contribution < -0.4 is 9.47 Å². The lowest BCUT2D eigenvalue weighted by molar-refractivity contribution is 0.111. The maximum Gasteiger partial charge on any atom is 0.153 e. The standard InChI is InChI=1S/C15H13ClO3/c1-18-14-6-7-15(12(8-14)9-17)19-10-11-2-4-13(16)5-3-11/h2-9H,10H2,1H3. The fourth-order valence-electron chi connectivity index (χ4n) is 1.62. The molecule has 2 aromatic rings. The van der Waals surface area contributed by atoms with Gasteiger partial charge < -0.3 is 9.47 Å². The van der Waals surface area contributed by atoms with Crippen molar-refractivity contribution in [2.45, 2.75) is 6.61 Å². The van der Waals surface area contributed by atoms with E-state index < -0.39 is 0 Å². The summed E-state index contributed by atoms with van der Waals surface area (Å²) in [5.74, 6) is 1.16. The number of carbonyl (C=O) groups excluding carboxylic acids is 1. The van der Waals surface area contributed by atoms with Crippen molar-refractivity contribution in [3.05, 3.63) is 58.6 Å². The van der Waals surface area contributed by atoms with E-state index in [-0.39, 0.29) is 0 Å². The maximum atomic E-state index is 11.0. The fraction of sp³-hybridized carbons (Fsp3) is 0.133. The summed E-state index contributed by atoms with van der Waals surface area (Å²) in [6, 6.07) is 12.5. The molecular weight excluding hydrogens is 264 g/mol. The zero-order valence-corrected chi connectivity index (χ0v) is 11.2. The molecule has 0 amide bonds. The Hall–Kier alpha value is -2.00. The van der Waals surface area contributed by atoms with Gasteiger partial charge in [-0.1, -0.05) is 23.7 Å². The van der Waals surface area contributed by atoms with Crippen LogP contribution in [0.1, 0.15) is 15.9 Å². The molecule has 0 bridgehead atoms. The Morgan fingerprint density at radius 1 is 1.16 bits per heavy atom. The van der Waals surface area contributed by atoms with Crippen molar-refractivity contribution in [3.63, 3.8) is 0 Å². The van der Waals surface area contributed by atoms with Gasteiger partial charge in [-0.05, 0) is 35.9 Å². The monoisotopic (exact) mass is 276 g/mol. The van der Waals surface area contributed by atoms with E-state index in [1.54, 1.807) is 37.4 Å². The highest BCUT2D eigenvalue weighted by molar-refractivity contribution is 6.30. The average molecular weight is 277 g/mol. The Bertz CT molecular complexity index is 564. The molecule has 0 aliphatic rings. The van der Waals surface area contributed by atoms with E-state index in [2.05, 4.69) is 0 Å². The number of hydrogen-bond acceptors (Lipinski definition) is 3. The predicted octanol–water partition coefficient (Wildman–Crippen LogP) is 3.74. The minimum atomic E-state index is 0.379. The highest BCUT2D eigenvalue weighted by Gasteiger charge is 2.05. The van der Waals surface area contributed by atoms with Crippen molar-refractivity contribution in [2.24, 2.45) is 0 Å². The number of ether oxygens (including phenoxy) is 2. The predicted molar refractivity (Wildman–Crippen MR) is 74.2 cm³/mol. The Kier molecular flexibility index (Phi) is 4.42. The van der Waals surface area contributed by atoms with Gasteiger partial charge in [-0.3, -0.25) is 4.79 Å². The minimum Gasteiger partial charge on any atom is -0.497 e. The Morgan fingerprint density at radius 3 is 2.53 bits per heavy atom. The highest BCUT2D eigenvalue weighted by atomic mass is 35.5. The molecule has 2 aromatic carbocycles. The molecule has 0 saturated heterocycles. The van der Waals surface area contributed by atoms with Crippen molar-refractivity contribution >= 4 is 17.9 Å². The largest absolute Gasteiger partial charge is 0.497 e. The Balaban J connectivity index is 2.10. The molecule has 0 N–H and O–H groups in total.